The van der Waals surface area contributed by atoms with E-state index in [0.717, 1.165) is 8.26 Å². The number of hydrogen-bond donors (Lipinski definition) is 1. The number of hydrogen-bond acceptors (Lipinski definition) is 2. The Bertz CT molecular complexity index is 361. The van der Waals surface area contributed by atoms with Gasteiger partial charge in [-0.25, -0.2) is 0 Å². The van der Waals surface area contributed by atoms with Gasteiger partial charge >= 0.3 is 0 Å². The maximum atomic E-state index is 11.5. The predicted octanol–water partition coefficient (Wildman–Crippen LogP) is 3.03. The maximum Gasteiger partial charge on any atom is 0.261 e. The van der Waals surface area contributed by atoms with Crippen molar-refractivity contribution in [2.24, 2.45) is 0 Å². The first-order chi connectivity index (χ1) is 6.65. The molecule has 0 unspecified atom stereocenters. The first-order valence-electron chi connectivity index (χ1n) is 3.81. The second-order valence-corrected chi connectivity index (χ2v) is 5.67. The summed E-state index contributed by atoms with van der Waals surface area (Å²) in [6.07, 6.45) is 5.62. The van der Waals surface area contributed by atoms with Crippen molar-refractivity contribution in [3.63, 3.8) is 0 Å². The van der Waals surface area contributed by atoms with E-state index in [0.29, 0.717) is 17.8 Å². The maximum absolute atomic E-state index is 11.5. The fourth-order valence-electron chi connectivity index (χ4n) is 0.794. The number of amides is 1. The molecule has 0 aromatic carbocycles. The van der Waals surface area contributed by atoms with Crippen LogP contribution in [0.4, 0.5) is 0 Å². The first-order valence-corrected chi connectivity index (χ1v) is 6.22. The highest BCUT2D eigenvalue weighted by molar-refractivity contribution is 9.13. The molecule has 1 amide bonds. The summed E-state index contributed by atoms with van der Waals surface area (Å²) in [7, 11) is 0. The molecule has 5 heteroatoms. The van der Waals surface area contributed by atoms with Crippen LogP contribution < -0.4 is 5.32 Å². The van der Waals surface area contributed by atoms with Crippen LogP contribution in [0.5, 0.6) is 0 Å². The quantitative estimate of drug-likeness (QED) is 0.667. The Morgan fingerprint density at radius 3 is 2.86 bits per heavy atom. The standard InChI is InChI=1S/C9H7Br2NOS/c1-2-3-4-12-9(13)7-5-6(10)8(11)14-7/h1,5H,3-4H2,(H,12,13). The molecule has 0 spiro atoms. The van der Waals surface area contributed by atoms with Crippen molar-refractivity contribution in [1.82, 2.24) is 5.32 Å². The zero-order chi connectivity index (χ0) is 10.6. The van der Waals surface area contributed by atoms with E-state index < -0.39 is 0 Å². The molecule has 2 nitrogen and oxygen atoms in total. The third-order valence-corrected chi connectivity index (χ3v) is 4.68. The van der Waals surface area contributed by atoms with Gasteiger partial charge in [0.15, 0.2) is 0 Å². The number of thiophene rings is 1. The topological polar surface area (TPSA) is 29.1 Å². The smallest absolute Gasteiger partial charge is 0.261 e. The van der Waals surface area contributed by atoms with Crippen LogP contribution in [-0.2, 0) is 0 Å². The molecule has 0 bridgehead atoms. The van der Waals surface area contributed by atoms with Crippen LogP contribution in [0.2, 0.25) is 0 Å². The molecule has 1 rings (SSSR count). The van der Waals surface area contributed by atoms with E-state index in [9.17, 15) is 4.79 Å². The number of rotatable bonds is 3. The summed E-state index contributed by atoms with van der Waals surface area (Å²) in [6.45, 7) is 0.516. The first kappa shape index (κ1) is 11.8. The van der Waals surface area contributed by atoms with E-state index in [2.05, 4.69) is 43.1 Å². The van der Waals surface area contributed by atoms with Gasteiger partial charge in [0.1, 0.15) is 0 Å². The minimum absolute atomic E-state index is 0.0864. The van der Waals surface area contributed by atoms with Crippen molar-refractivity contribution in [3.8, 4) is 12.3 Å². The van der Waals surface area contributed by atoms with Gasteiger partial charge in [0.25, 0.3) is 5.91 Å². The van der Waals surface area contributed by atoms with E-state index in [-0.39, 0.29) is 5.91 Å². The third-order valence-electron chi connectivity index (χ3n) is 1.42. The number of carbonyl (C=O) groups excluding carboxylic acids is 1. The molecular formula is C9H7Br2NOS. The molecular weight excluding hydrogens is 330 g/mol. The van der Waals surface area contributed by atoms with E-state index in [1.807, 2.05) is 0 Å². The molecule has 14 heavy (non-hydrogen) atoms. The number of halogens is 2. The highest BCUT2D eigenvalue weighted by Gasteiger charge is 2.10. The Morgan fingerprint density at radius 1 is 1.64 bits per heavy atom. The van der Waals surface area contributed by atoms with Gasteiger partial charge in [0.2, 0.25) is 0 Å². The van der Waals surface area contributed by atoms with E-state index >= 15 is 0 Å². The normalized spacial score (nSPS) is 9.50. The minimum Gasteiger partial charge on any atom is -0.350 e. The Hall–Kier alpha value is -0.310. The molecule has 74 valence electrons. The van der Waals surface area contributed by atoms with Crippen LogP contribution in [0.3, 0.4) is 0 Å². The zero-order valence-corrected chi connectivity index (χ0v) is 11.1. The lowest BCUT2D eigenvalue weighted by Gasteiger charge is -1.98. The molecule has 0 aliphatic rings. The Morgan fingerprint density at radius 2 is 2.36 bits per heavy atom. The predicted molar refractivity (Wildman–Crippen MR) is 65.5 cm³/mol. The zero-order valence-electron chi connectivity index (χ0n) is 7.14. The number of nitrogens with one attached hydrogen (secondary N) is 1. The van der Waals surface area contributed by atoms with Gasteiger partial charge in [-0.15, -0.1) is 23.7 Å². The fraction of sp³-hybridized carbons (Fsp3) is 0.222. The second kappa shape index (κ2) is 5.54. The Balaban J connectivity index is 2.57. The minimum atomic E-state index is -0.0864. The molecule has 1 aromatic rings. The molecule has 0 atom stereocenters. The third kappa shape index (κ3) is 3.12. The van der Waals surface area contributed by atoms with E-state index in [4.69, 9.17) is 6.42 Å². The summed E-state index contributed by atoms with van der Waals surface area (Å²) in [5, 5.41) is 2.73. The van der Waals surface area contributed by atoms with Crippen LogP contribution in [0, 0.1) is 12.3 Å². The highest BCUT2D eigenvalue weighted by Crippen LogP contribution is 2.32. The molecule has 0 saturated carbocycles. The van der Waals surface area contributed by atoms with Crippen molar-refractivity contribution in [1.29, 1.82) is 0 Å². The molecule has 0 aliphatic carbocycles. The van der Waals surface area contributed by atoms with Crippen LogP contribution in [0.25, 0.3) is 0 Å². The summed E-state index contributed by atoms with van der Waals surface area (Å²) < 4.78 is 1.81. The van der Waals surface area contributed by atoms with Gasteiger partial charge in [0.05, 0.1) is 8.66 Å². The molecule has 0 saturated heterocycles. The molecule has 1 aromatic heterocycles. The average molecular weight is 337 g/mol. The summed E-state index contributed by atoms with van der Waals surface area (Å²) in [5.41, 5.74) is 0. The highest BCUT2D eigenvalue weighted by atomic mass is 79.9. The van der Waals surface area contributed by atoms with Gasteiger partial charge in [-0.2, -0.15) is 0 Å². The lowest BCUT2D eigenvalue weighted by Crippen LogP contribution is -2.23. The van der Waals surface area contributed by atoms with E-state index in [1.165, 1.54) is 11.3 Å². The van der Waals surface area contributed by atoms with Gasteiger partial charge in [-0.3, -0.25) is 4.79 Å². The van der Waals surface area contributed by atoms with Crippen molar-refractivity contribution in [2.45, 2.75) is 6.42 Å². The van der Waals surface area contributed by atoms with Crippen LogP contribution >= 0.6 is 43.2 Å². The summed E-state index contributed by atoms with van der Waals surface area (Å²) in [6, 6.07) is 1.78. The summed E-state index contributed by atoms with van der Waals surface area (Å²) >= 11 is 8.03. The van der Waals surface area contributed by atoms with Crippen LogP contribution in [0.1, 0.15) is 16.1 Å². The molecule has 1 N–H and O–H groups in total. The average Bonchev–Trinajstić information content (AvgIpc) is 2.47. The number of carbonyl (C=O) groups is 1. The van der Waals surface area contributed by atoms with Crippen molar-refractivity contribution >= 4 is 49.1 Å². The van der Waals surface area contributed by atoms with Crippen molar-refractivity contribution in [2.75, 3.05) is 6.54 Å². The second-order valence-electron chi connectivity index (χ2n) is 2.44. The lowest BCUT2D eigenvalue weighted by atomic mass is 10.4. The summed E-state index contributed by atoms with van der Waals surface area (Å²) in [4.78, 5) is 12.1. The Labute approximate surface area is 103 Å². The van der Waals surface area contributed by atoms with Gasteiger partial charge in [0, 0.05) is 17.4 Å². The number of terminal acetylenes is 1. The van der Waals surface area contributed by atoms with Crippen LogP contribution in [-0.4, -0.2) is 12.5 Å². The molecule has 0 fully saturated rings. The lowest BCUT2D eigenvalue weighted by molar-refractivity contribution is 0.0958. The van der Waals surface area contributed by atoms with Gasteiger partial charge in [-0.05, 0) is 37.9 Å². The Kier molecular flexibility index (Phi) is 4.66. The van der Waals surface area contributed by atoms with Crippen molar-refractivity contribution < 1.29 is 4.79 Å². The SMILES string of the molecule is C#CCCNC(=O)c1cc(Br)c(Br)s1. The molecule has 1 heterocycles. The monoisotopic (exact) mass is 335 g/mol. The van der Waals surface area contributed by atoms with Gasteiger partial charge < -0.3 is 5.32 Å². The van der Waals surface area contributed by atoms with Crippen LogP contribution in [0.15, 0.2) is 14.3 Å². The van der Waals surface area contributed by atoms with Crippen molar-refractivity contribution in [3.05, 3.63) is 19.2 Å². The molecule has 0 aliphatic heterocycles. The molecule has 0 radical (unpaired) electrons. The van der Waals surface area contributed by atoms with Gasteiger partial charge in [-0.1, -0.05) is 0 Å². The summed E-state index contributed by atoms with van der Waals surface area (Å²) in [5.74, 6) is 2.37. The van der Waals surface area contributed by atoms with E-state index in [1.54, 1.807) is 6.07 Å². The largest absolute Gasteiger partial charge is 0.350 e. The fourth-order valence-corrected chi connectivity index (χ4v) is 2.75.